The van der Waals surface area contributed by atoms with Crippen molar-refractivity contribution in [3.63, 3.8) is 0 Å². The maximum absolute atomic E-state index is 13.1. The van der Waals surface area contributed by atoms with Crippen LogP contribution in [0.15, 0.2) is 32.9 Å². The topological polar surface area (TPSA) is 214 Å². The second-order valence-corrected chi connectivity index (χ2v) is 11.1. The molecule has 200 valence electrons. The van der Waals surface area contributed by atoms with Crippen LogP contribution in [-0.4, -0.2) is 88.1 Å². The van der Waals surface area contributed by atoms with Crippen LogP contribution in [0.2, 0.25) is 0 Å². The Balaban J connectivity index is 1.34. The van der Waals surface area contributed by atoms with Crippen LogP contribution < -0.4 is 11.1 Å². The maximum Gasteiger partial charge on any atom is 0.352 e. The van der Waals surface area contributed by atoms with Crippen molar-refractivity contribution in [1.29, 1.82) is 5.26 Å². The summed E-state index contributed by atoms with van der Waals surface area (Å²) in [6, 6.07) is 2.66. The summed E-state index contributed by atoms with van der Waals surface area (Å²) in [7, 11) is 1.27. The van der Waals surface area contributed by atoms with E-state index in [0.29, 0.717) is 22.0 Å². The van der Waals surface area contributed by atoms with Crippen LogP contribution in [0.5, 0.6) is 0 Å². The molecule has 5 heterocycles. The first kappa shape index (κ1) is 26.4. The molecule has 2 amide bonds. The molecular formula is C21H18N10O5S3. The van der Waals surface area contributed by atoms with Gasteiger partial charge in [-0.05, 0) is 18.6 Å². The zero-order valence-electron chi connectivity index (χ0n) is 20.2. The number of nitriles is 1. The molecule has 0 unspecified atom stereocenters. The number of carbonyl (C=O) groups excluding carboxylic acids is 2. The van der Waals surface area contributed by atoms with Crippen LogP contribution in [0.1, 0.15) is 17.2 Å². The highest BCUT2D eigenvalue weighted by atomic mass is 32.2. The Morgan fingerprint density at radius 2 is 2.21 bits per heavy atom. The summed E-state index contributed by atoms with van der Waals surface area (Å²) < 4.78 is 1.42. The summed E-state index contributed by atoms with van der Waals surface area (Å²) in [5.41, 5.74) is 6.73. The second kappa shape index (κ2) is 10.5. The molecule has 2 aliphatic heterocycles. The van der Waals surface area contributed by atoms with Gasteiger partial charge in [0.15, 0.2) is 10.8 Å². The molecule has 0 aliphatic carbocycles. The van der Waals surface area contributed by atoms with Gasteiger partial charge in [-0.15, -0.1) is 40.0 Å². The van der Waals surface area contributed by atoms with Gasteiger partial charge in [0.2, 0.25) is 0 Å². The third kappa shape index (κ3) is 4.86. The Labute approximate surface area is 232 Å². The number of carboxylic acids is 1. The zero-order valence-corrected chi connectivity index (χ0v) is 22.6. The normalized spacial score (nSPS) is 18.9. The summed E-state index contributed by atoms with van der Waals surface area (Å²) >= 11 is 3.73. The minimum Gasteiger partial charge on any atom is -0.477 e. The fraction of sp³-hybridized carbons (Fsp3) is 0.286. The van der Waals surface area contributed by atoms with Crippen LogP contribution in [-0.2, 0) is 19.2 Å². The van der Waals surface area contributed by atoms with E-state index < -0.39 is 29.2 Å². The van der Waals surface area contributed by atoms with Crippen molar-refractivity contribution < 1.29 is 24.3 Å². The van der Waals surface area contributed by atoms with Gasteiger partial charge < -0.3 is 21.0 Å². The van der Waals surface area contributed by atoms with Gasteiger partial charge in [0, 0.05) is 22.6 Å². The summed E-state index contributed by atoms with van der Waals surface area (Å²) in [5, 5.41) is 31.3. The van der Waals surface area contributed by atoms with Gasteiger partial charge in [0.25, 0.3) is 23.4 Å². The van der Waals surface area contributed by atoms with E-state index in [0.717, 1.165) is 11.3 Å². The number of carboxylic acid groups (broad SMARTS) is 1. The number of nitrogen functional groups attached to an aromatic ring is 1. The summed E-state index contributed by atoms with van der Waals surface area (Å²) in [4.78, 5) is 56.5. The lowest BCUT2D eigenvalue weighted by Gasteiger charge is -2.49. The number of nitrogens with zero attached hydrogens (tertiary/aromatic N) is 8. The predicted molar refractivity (Wildman–Crippen MR) is 141 cm³/mol. The molecule has 0 spiro atoms. The molecule has 1 fully saturated rings. The lowest BCUT2D eigenvalue weighted by atomic mass is 10.0. The molecule has 2 atom stereocenters. The lowest BCUT2D eigenvalue weighted by Crippen LogP contribution is -2.71. The first-order chi connectivity index (χ1) is 18.7. The average Bonchev–Trinajstić information content (AvgIpc) is 3.53. The van der Waals surface area contributed by atoms with Gasteiger partial charge in [-0.1, -0.05) is 5.16 Å². The highest BCUT2D eigenvalue weighted by Crippen LogP contribution is 2.41. The molecule has 4 N–H and O–H groups in total. The van der Waals surface area contributed by atoms with E-state index in [4.69, 9.17) is 15.8 Å². The number of thioether (sulfide) groups is 2. The number of rotatable bonds is 8. The largest absolute Gasteiger partial charge is 0.477 e. The van der Waals surface area contributed by atoms with Crippen molar-refractivity contribution in [3.05, 3.63) is 39.9 Å². The Morgan fingerprint density at radius 3 is 2.87 bits per heavy atom. The predicted octanol–water partition coefficient (Wildman–Crippen LogP) is 0.225. The SMILES string of the molecule is CON=C(C(=O)N[C@@H]1C(=O)N2C(C(=O)O)=C(CSc3cc(C)nc4nc(C#N)nn34)CS[C@H]12)c1csc(N)n1. The highest BCUT2D eigenvalue weighted by molar-refractivity contribution is 8.01. The number of hydrogen-bond acceptors (Lipinski definition) is 14. The van der Waals surface area contributed by atoms with E-state index in [9.17, 15) is 19.5 Å². The molecule has 0 bridgehead atoms. The van der Waals surface area contributed by atoms with Crippen LogP contribution in [0.3, 0.4) is 0 Å². The number of oxime groups is 1. The van der Waals surface area contributed by atoms with Crippen molar-refractivity contribution >= 4 is 69.3 Å². The zero-order chi connectivity index (χ0) is 27.8. The third-order valence-corrected chi connectivity index (χ3v) is 8.69. The molecule has 39 heavy (non-hydrogen) atoms. The summed E-state index contributed by atoms with van der Waals surface area (Å²) in [5.74, 6) is -1.75. The van der Waals surface area contributed by atoms with Gasteiger partial charge in [0.1, 0.15) is 41.0 Å². The average molecular weight is 587 g/mol. The van der Waals surface area contributed by atoms with Crippen molar-refractivity contribution in [1.82, 2.24) is 34.8 Å². The fourth-order valence-electron chi connectivity index (χ4n) is 3.96. The third-order valence-electron chi connectivity index (χ3n) is 5.60. The molecular weight excluding hydrogens is 568 g/mol. The summed E-state index contributed by atoms with van der Waals surface area (Å²) in [6.45, 7) is 1.77. The number of hydrogen-bond donors (Lipinski definition) is 3. The van der Waals surface area contributed by atoms with E-state index >= 15 is 0 Å². The lowest BCUT2D eigenvalue weighted by molar-refractivity contribution is -0.150. The minimum absolute atomic E-state index is 0.0346. The molecule has 5 rings (SSSR count). The molecule has 0 aromatic carbocycles. The molecule has 0 radical (unpaired) electrons. The standard InChI is InChI=1S/C21H18N10O5S3/c1-8-3-12(31-21(24-8)26-11(4-22)28-31)37-5-9-6-38-18-14(17(33)30(18)15(9)19(34)35)27-16(32)13(29-36-2)10-7-39-20(23)25-10/h3,7,14,18H,5-6H2,1-2H3,(H2,23,25)(H,27,32)(H,34,35)/t14-,18-/m1/s1. The number of nitrogens with two attached hydrogens (primary N) is 1. The van der Waals surface area contributed by atoms with Crippen LogP contribution >= 0.6 is 34.9 Å². The first-order valence-corrected chi connectivity index (χ1v) is 13.9. The molecule has 3 aromatic rings. The van der Waals surface area contributed by atoms with Gasteiger partial charge in [-0.3, -0.25) is 14.5 Å². The van der Waals surface area contributed by atoms with Crippen LogP contribution in [0, 0.1) is 18.3 Å². The number of anilines is 1. The summed E-state index contributed by atoms with van der Waals surface area (Å²) in [6.07, 6.45) is 0. The van der Waals surface area contributed by atoms with E-state index in [-0.39, 0.29) is 39.6 Å². The molecule has 0 saturated carbocycles. The van der Waals surface area contributed by atoms with E-state index in [1.165, 1.54) is 45.4 Å². The fourth-order valence-corrected chi connectivity index (χ4v) is 7.04. The number of nitrogens with one attached hydrogen (secondary N) is 1. The Morgan fingerprint density at radius 1 is 1.41 bits per heavy atom. The number of β-lactam (4-membered cyclic amide) rings is 1. The van der Waals surface area contributed by atoms with Crippen LogP contribution in [0.4, 0.5) is 5.13 Å². The number of aromatic nitrogens is 5. The van der Waals surface area contributed by atoms with E-state index in [1.54, 1.807) is 13.0 Å². The number of aryl methyl sites for hydroxylation is 1. The number of fused-ring (bicyclic) bond motifs is 2. The first-order valence-electron chi connectivity index (χ1n) is 11.0. The van der Waals surface area contributed by atoms with Gasteiger partial charge >= 0.3 is 5.97 Å². The Kier molecular flexibility index (Phi) is 7.12. The van der Waals surface area contributed by atoms with Crippen molar-refractivity contribution in [3.8, 4) is 6.07 Å². The number of aliphatic carboxylic acids is 1. The number of amides is 2. The molecule has 1 saturated heterocycles. The van der Waals surface area contributed by atoms with Crippen molar-refractivity contribution in [2.45, 2.75) is 23.4 Å². The minimum atomic E-state index is -1.25. The van der Waals surface area contributed by atoms with E-state index in [1.807, 2.05) is 6.07 Å². The molecule has 2 aliphatic rings. The van der Waals surface area contributed by atoms with Crippen molar-refractivity contribution in [2.75, 3.05) is 24.3 Å². The van der Waals surface area contributed by atoms with Gasteiger partial charge in [-0.25, -0.2) is 14.8 Å². The second-order valence-electron chi connectivity index (χ2n) is 8.10. The number of carbonyl (C=O) groups is 3. The quantitative estimate of drug-likeness (QED) is 0.106. The van der Waals surface area contributed by atoms with Gasteiger partial charge in [0.05, 0.1) is 0 Å². The van der Waals surface area contributed by atoms with Gasteiger partial charge in [-0.2, -0.15) is 14.8 Å². The molecule has 18 heteroatoms. The van der Waals surface area contributed by atoms with E-state index in [2.05, 4.69) is 30.5 Å². The smallest absolute Gasteiger partial charge is 0.352 e. The maximum atomic E-state index is 13.1. The van der Waals surface area contributed by atoms with Crippen molar-refractivity contribution in [2.24, 2.45) is 5.16 Å². The monoisotopic (exact) mass is 586 g/mol. The molecule has 3 aromatic heterocycles. The molecule has 15 nitrogen and oxygen atoms in total. The Bertz CT molecular complexity index is 1620. The Hall–Kier alpha value is -4.21. The highest BCUT2D eigenvalue weighted by Gasteiger charge is 2.54. The number of thiazole rings is 1. The van der Waals surface area contributed by atoms with Crippen LogP contribution in [0.25, 0.3) is 5.78 Å².